The second-order valence-corrected chi connectivity index (χ2v) is 19.4. The number of hydrogen-bond donors (Lipinski definition) is 3. The molecule has 0 aromatic carbocycles. The number of ether oxygens (including phenoxy) is 10. The van der Waals surface area contributed by atoms with E-state index in [-0.39, 0.29) is 37.3 Å². The zero-order chi connectivity index (χ0) is 44.7. The van der Waals surface area contributed by atoms with Gasteiger partial charge in [-0.05, 0) is 68.1 Å². The molecule has 350 valence electrons. The van der Waals surface area contributed by atoms with Crippen LogP contribution in [0.3, 0.4) is 0 Å². The summed E-state index contributed by atoms with van der Waals surface area (Å²) in [7, 11) is 3.22. The van der Waals surface area contributed by atoms with Gasteiger partial charge in [0.05, 0.1) is 55.3 Å². The van der Waals surface area contributed by atoms with Crippen LogP contribution in [0.15, 0.2) is 48.1 Å². The van der Waals surface area contributed by atoms with E-state index in [4.69, 9.17) is 47.4 Å². The number of hydrogen-bond acceptors (Lipinski definition) is 14. The van der Waals surface area contributed by atoms with Crippen LogP contribution in [0.2, 0.25) is 0 Å². The van der Waals surface area contributed by atoms with Gasteiger partial charge in [-0.2, -0.15) is 0 Å². The molecular weight excluding hydrogens is 801 g/mol. The third-order valence-corrected chi connectivity index (χ3v) is 15.0. The first-order valence-corrected chi connectivity index (χ1v) is 23.2. The first kappa shape index (κ1) is 47.9. The van der Waals surface area contributed by atoms with Gasteiger partial charge in [-0.15, -0.1) is 0 Å². The highest BCUT2D eigenvalue weighted by Gasteiger charge is 2.61. The average Bonchev–Trinajstić information content (AvgIpc) is 3.58. The number of aliphatic hydroxyl groups is 3. The molecule has 14 heteroatoms. The molecule has 62 heavy (non-hydrogen) atoms. The van der Waals surface area contributed by atoms with Crippen molar-refractivity contribution in [2.75, 3.05) is 20.8 Å². The Morgan fingerprint density at radius 3 is 2.35 bits per heavy atom. The Morgan fingerprint density at radius 2 is 1.63 bits per heavy atom. The molecule has 3 N–H and O–H groups in total. The Bertz CT molecular complexity index is 1650. The molecular formula is C48H74O14. The maximum atomic E-state index is 14.4. The minimum absolute atomic E-state index is 0.0113. The van der Waals surface area contributed by atoms with Gasteiger partial charge in [0.15, 0.2) is 18.4 Å². The van der Waals surface area contributed by atoms with Crippen LogP contribution in [0.4, 0.5) is 0 Å². The average molecular weight is 875 g/mol. The van der Waals surface area contributed by atoms with Crippen molar-refractivity contribution < 1.29 is 67.5 Å². The maximum Gasteiger partial charge on any atom is 0.312 e. The molecule has 5 saturated heterocycles. The smallest absolute Gasteiger partial charge is 0.312 e. The number of rotatable bonds is 8. The minimum Gasteiger partial charge on any atom is -0.462 e. The van der Waals surface area contributed by atoms with Crippen LogP contribution >= 0.6 is 0 Å². The van der Waals surface area contributed by atoms with E-state index in [1.165, 1.54) is 0 Å². The number of methoxy groups -OCH3 is 2. The molecule has 6 fully saturated rings. The lowest BCUT2D eigenvalue weighted by molar-refractivity contribution is -0.341. The highest BCUT2D eigenvalue weighted by molar-refractivity contribution is 5.76. The zero-order valence-corrected chi connectivity index (χ0v) is 38.1. The molecule has 14 nitrogen and oxygen atoms in total. The molecule has 0 aromatic rings. The molecule has 7 rings (SSSR count). The van der Waals surface area contributed by atoms with E-state index in [0.29, 0.717) is 67.9 Å². The normalized spacial score (nSPS) is 48.8. The van der Waals surface area contributed by atoms with Gasteiger partial charge in [0.25, 0.3) is 0 Å². The lowest BCUT2D eigenvalue weighted by Gasteiger charge is -2.51. The topological polar surface area (TPSA) is 170 Å². The van der Waals surface area contributed by atoms with Gasteiger partial charge >= 0.3 is 5.97 Å². The van der Waals surface area contributed by atoms with E-state index in [9.17, 15) is 20.1 Å². The summed E-state index contributed by atoms with van der Waals surface area (Å²) in [6.07, 6.45) is 3.12. The number of aliphatic hydroxyl groups excluding tert-OH is 2. The maximum absolute atomic E-state index is 14.4. The van der Waals surface area contributed by atoms with Crippen LogP contribution in [0.1, 0.15) is 106 Å². The summed E-state index contributed by atoms with van der Waals surface area (Å²) in [5.41, 5.74) is -0.0609. The van der Waals surface area contributed by atoms with Crippen LogP contribution < -0.4 is 0 Å². The van der Waals surface area contributed by atoms with Gasteiger partial charge < -0.3 is 62.7 Å². The molecule has 6 aliphatic heterocycles. The van der Waals surface area contributed by atoms with Crippen LogP contribution in [0, 0.1) is 23.7 Å². The lowest BCUT2D eigenvalue weighted by atomic mass is 9.68. The van der Waals surface area contributed by atoms with Crippen LogP contribution in [-0.4, -0.2) is 139 Å². The summed E-state index contributed by atoms with van der Waals surface area (Å²) in [5, 5.41) is 34.2. The van der Waals surface area contributed by atoms with Gasteiger partial charge in [-0.25, -0.2) is 0 Å². The van der Waals surface area contributed by atoms with Crippen molar-refractivity contribution in [1.29, 1.82) is 0 Å². The SMILES string of the molecule is C=C1C[C@H]2C(=O)O[C@H]3C[C@@H](CCC(=C)[C@@H](O[C@H]4C[C@H](OC)[C@@H](O[C@H]5C[C@H](OC)[C@@H](O)[C@H](C)O5)[C@H](C)O4)[C@@H](C)/C=C/C=C4\CO[C@H]([C@@H]1O)[C@@]42O)O[C@@]1(CC[C@H](C)[C@@H]([C@@H](C)CC)O1)C3. The predicted molar refractivity (Wildman–Crippen MR) is 227 cm³/mol. The molecule has 6 heterocycles. The summed E-state index contributed by atoms with van der Waals surface area (Å²) in [6, 6.07) is 0. The van der Waals surface area contributed by atoms with Crippen LogP contribution in [0.5, 0.6) is 0 Å². The standard InChI is InChI=1S/C48H74O14/c1-11-25(2)43-28(5)17-18-47(62-43)23-34-20-33(61-47)16-15-27(4)42(26(3)13-12-14-32-24-55-45-40(49)29(6)19-35(46(51)58-34)48(32,45)52)59-39-22-37(54-10)44(31(8)57-39)60-38-21-36(53-9)41(50)30(7)56-38/h12-14,25-26,28,30-31,33-45,49-50,52H,4,6,11,15-24H2,1-3,5,7-10H3/b13-12+,32-14+/t25-,26-,28-,30-,31-,33+,34-,35-,36-,37-,38-,39-,40+,41-,42-,43+,44-,45+,47+,48+/m0/s1. The van der Waals surface area contributed by atoms with E-state index in [0.717, 1.165) is 18.4 Å². The third kappa shape index (κ3) is 9.73. The monoisotopic (exact) mass is 875 g/mol. The Labute approximate surface area is 368 Å². The van der Waals surface area contributed by atoms with Gasteiger partial charge in [-0.3, -0.25) is 4.79 Å². The van der Waals surface area contributed by atoms with Crippen molar-refractivity contribution in [3.8, 4) is 0 Å². The Hall–Kier alpha value is -2.05. The summed E-state index contributed by atoms with van der Waals surface area (Å²) in [6.45, 7) is 21.1. The van der Waals surface area contributed by atoms with Gasteiger partial charge in [-0.1, -0.05) is 65.5 Å². The number of allylic oxidation sites excluding steroid dienone is 2. The summed E-state index contributed by atoms with van der Waals surface area (Å²) in [4.78, 5) is 14.4. The molecule has 7 aliphatic rings. The van der Waals surface area contributed by atoms with Crippen LogP contribution in [-0.2, 0) is 52.2 Å². The van der Waals surface area contributed by atoms with Crippen molar-refractivity contribution in [3.63, 3.8) is 0 Å². The van der Waals surface area contributed by atoms with Gasteiger partial charge in [0, 0.05) is 52.2 Å². The van der Waals surface area contributed by atoms with E-state index in [1.807, 2.05) is 26.0 Å². The van der Waals surface area contributed by atoms with Crippen molar-refractivity contribution in [3.05, 3.63) is 48.1 Å². The quantitative estimate of drug-likeness (QED) is 0.204. The van der Waals surface area contributed by atoms with Crippen molar-refractivity contribution in [2.45, 2.75) is 203 Å². The summed E-state index contributed by atoms with van der Waals surface area (Å²) < 4.78 is 63.8. The van der Waals surface area contributed by atoms with Crippen molar-refractivity contribution in [2.24, 2.45) is 23.7 Å². The Kier molecular flexibility index (Phi) is 15.3. The lowest BCUT2D eigenvalue weighted by Crippen LogP contribution is -2.59. The van der Waals surface area contributed by atoms with Crippen molar-refractivity contribution >= 4 is 5.97 Å². The number of esters is 1. The van der Waals surface area contributed by atoms with Gasteiger partial charge in [0.1, 0.15) is 36.1 Å². The fraction of sp³-hybridized carbons (Fsp3) is 0.812. The van der Waals surface area contributed by atoms with E-state index >= 15 is 0 Å². The Morgan fingerprint density at radius 1 is 0.919 bits per heavy atom. The number of fused-ring (bicyclic) bond motifs is 2. The first-order valence-electron chi connectivity index (χ1n) is 23.2. The second-order valence-electron chi connectivity index (χ2n) is 19.4. The second kappa shape index (κ2) is 19.8. The Balaban J connectivity index is 1.15. The fourth-order valence-corrected chi connectivity index (χ4v) is 11.1. The molecule has 0 amide bonds. The molecule has 0 aromatic heterocycles. The van der Waals surface area contributed by atoms with Gasteiger partial charge in [0.2, 0.25) is 0 Å². The molecule has 1 saturated carbocycles. The summed E-state index contributed by atoms with van der Waals surface area (Å²) >= 11 is 0. The first-order chi connectivity index (χ1) is 29.5. The molecule has 2 bridgehead atoms. The third-order valence-electron chi connectivity index (χ3n) is 15.0. The highest BCUT2D eigenvalue weighted by Crippen LogP contribution is 2.49. The van der Waals surface area contributed by atoms with E-state index < -0.39 is 90.8 Å². The summed E-state index contributed by atoms with van der Waals surface area (Å²) in [5.74, 6) is -2.07. The van der Waals surface area contributed by atoms with Crippen molar-refractivity contribution in [1.82, 2.24) is 0 Å². The molecule has 1 aliphatic carbocycles. The van der Waals surface area contributed by atoms with E-state index in [2.05, 4.69) is 33.9 Å². The zero-order valence-electron chi connectivity index (χ0n) is 38.1. The predicted octanol–water partition coefficient (Wildman–Crippen LogP) is 5.60. The molecule has 0 radical (unpaired) electrons. The molecule has 1 spiro atoms. The highest BCUT2D eigenvalue weighted by atomic mass is 16.7. The number of carbonyl (C=O) groups excluding carboxylic acids is 1. The fourth-order valence-electron chi connectivity index (χ4n) is 11.1. The molecule has 20 atom stereocenters. The largest absolute Gasteiger partial charge is 0.462 e. The molecule has 0 unspecified atom stereocenters. The number of carbonyl (C=O) groups is 1. The minimum atomic E-state index is -1.81. The van der Waals surface area contributed by atoms with Crippen LogP contribution in [0.25, 0.3) is 0 Å². The van der Waals surface area contributed by atoms with E-state index in [1.54, 1.807) is 27.2 Å².